The molecule has 0 N–H and O–H groups in total. The molecule has 4 heterocycles. The van der Waals surface area contributed by atoms with E-state index in [4.69, 9.17) is 9.72 Å². The van der Waals surface area contributed by atoms with Crippen LogP contribution in [-0.4, -0.2) is 38.6 Å². The Morgan fingerprint density at radius 1 is 1.15 bits per heavy atom. The van der Waals surface area contributed by atoms with Crippen LogP contribution >= 0.6 is 0 Å². The van der Waals surface area contributed by atoms with Crippen molar-refractivity contribution in [3.8, 4) is 11.3 Å². The van der Waals surface area contributed by atoms with Crippen molar-refractivity contribution in [1.82, 2.24) is 23.9 Å². The molecule has 0 spiro atoms. The summed E-state index contributed by atoms with van der Waals surface area (Å²) >= 11 is 0. The number of imidazole rings is 1. The molecule has 0 saturated carbocycles. The lowest BCUT2D eigenvalue weighted by Gasteiger charge is -2.15. The molecule has 6 nitrogen and oxygen atoms in total. The minimum atomic E-state index is -1.07. The van der Waals surface area contributed by atoms with Crippen LogP contribution in [0, 0.1) is 0 Å². The fourth-order valence-electron chi connectivity index (χ4n) is 2.88. The number of hydrogen-bond donors (Lipinski definition) is 0. The SMILES string of the molecule is C[Si](C)(C)CCOCn1ccc2c1ncn1cc(-c3cccnc3)nc21. The molecule has 0 amide bonds. The van der Waals surface area contributed by atoms with E-state index in [1.54, 1.807) is 6.20 Å². The average Bonchev–Trinajstić information content (AvgIpc) is 3.22. The Labute approximate surface area is 153 Å². The molecule has 0 bridgehead atoms. The van der Waals surface area contributed by atoms with E-state index >= 15 is 0 Å². The van der Waals surface area contributed by atoms with Gasteiger partial charge < -0.3 is 9.30 Å². The molecule has 0 atom stereocenters. The summed E-state index contributed by atoms with van der Waals surface area (Å²) in [6.07, 6.45) is 9.40. The smallest absolute Gasteiger partial charge is 0.149 e. The average molecular weight is 366 g/mol. The van der Waals surface area contributed by atoms with Crippen LogP contribution in [0.5, 0.6) is 0 Å². The Kier molecular flexibility index (Phi) is 4.34. The van der Waals surface area contributed by atoms with Gasteiger partial charge in [0.25, 0.3) is 0 Å². The van der Waals surface area contributed by atoms with Crippen molar-refractivity contribution in [3.05, 3.63) is 49.3 Å². The molecule has 0 aliphatic carbocycles. The van der Waals surface area contributed by atoms with Gasteiger partial charge in [-0.25, -0.2) is 9.97 Å². The molecule has 0 aliphatic heterocycles. The Balaban J connectivity index is 1.61. The third-order valence-electron chi connectivity index (χ3n) is 4.40. The van der Waals surface area contributed by atoms with Crippen LogP contribution in [0.4, 0.5) is 0 Å². The Hall–Kier alpha value is -2.51. The van der Waals surface area contributed by atoms with Gasteiger partial charge >= 0.3 is 0 Å². The van der Waals surface area contributed by atoms with E-state index in [2.05, 4.69) is 35.7 Å². The van der Waals surface area contributed by atoms with Gasteiger partial charge in [0.05, 0.1) is 11.1 Å². The Morgan fingerprint density at radius 3 is 2.81 bits per heavy atom. The van der Waals surface area contributed by atoms with Crippen LogP contribution in [0.25, 0.3) is 27.9 Å². The van der Waals surface area contributed by atoms with Crippen molar-refractivity contribution in [2.75, 3.05) is 6.61 Å². The molecule has 4 aromatic rings. The number of aromatic nitrogens is 5. The highest BCUT2D eigenvalue weighted by Crippen LogP contribution is 2.23. The molecule has 0 unspecified atom stereocenters. The Bertz CT molecular complexity index is 1030. The summed E-state index contributed by atoms with van der Waals surface area (Å²) in [6.45, 7) is 8.40. The largest absolute Gasteiger partial charge is 0.361 e. The first kappa shape index (κ1) is 16.9. The molecular formula is C19H23N5OSi. The summed E-state index contributed by atoms with van der Waals surface area (Å²) in [4.78, 5) is 13.6. The maximum absolute atomic E-state index is 5.87. The predicted octanol–water partition coefficient (Wildman–Crippen LogP) is 4.06. The zero-order chi connectivity index (χ0) is 18.1. The van der Waals surface area contributed by atoms with Crippen molar-refractivity contribution in [3.63, 3.8) is 0 Å². The monoisotopic (exact) mass is 365 g/mol. The van der Waals surface area contributed by atoms with Gasteiger partial charge in [0.1, 0.15) is 24.4 Å². The second kappa shape index (κ2) is 6.66. The molecule has 26 heavy (non-hydrogen) atoms. The van der Waals surface area contributed by atoms with Gasteiger partial charge in [0, 0.05) is 45.0 Å². The highest BCUT2D eigenvalue weighted by atomic mass is 28.3. The first-order valence-electron chi connectivity index (χ1n) is 8.82. The van der Waals surface area contributed by atoms with E-state index in [0.29, 0.717) is 6.73 Å². The number of pyridine rings is 1. The van der Waals surface area contributed by atoms with Crippen LogP contribution < -0.4 is 0 Å². The fourth-order valence-corrected chi connectivity index (χ4v) is 3.64. The first-order valence-corrected chi connectivity index (χ1v) is 12.5. The number of nitrogens with zero attached hydrogens (tertiary/aromatic N) is 5. The third-order valence-corrected chi connectivity index (χ3v) is 6.10. The molecule has 4 rings (SSSR count). The van der Waals surface area contributed by atoms with Crippen LogP contribution in [-0.2, 0) is 11.5 Å². The van der Waals surface area contributed by atoms with E-state index in [0.717, 1.165) is 34.5 Å². The number of ether oxygens (including phenoxy) is 1. The molecule has 0 aromatic carbocycles. The normalized spacial score (nSPS) is 12.3. The van der Waals surface area contributed by atoms with Crippen LogP contribution in [0.2, 0.25) is 25.7 Å². The van der Waals surface area contributed by atoms with Crippen molar-refractivity contribution < 1.29 is 4.74 Å². The summed E-state index contributed by atoms with van der Waals surface area (Å²) in [5.41, 5.74) is 3.69. The van der Waals surface area contributed by atoms with Crippen molar-refractivity contribution in [2.45, 2.75) is 32.4 Å². The maximum Gasteiger partial charge on any atom is 0.149 e. The summed E-state index contributed by atoms with van der Waals surface area (Å²) in [6, 6.07) is 7.15. The quantitative estimate of drug-likeness (QED) is 0.382. The van der Waals surface area contributed by atoms with Crippen molar-refractivity contribution in [1.29, 1.82) is 0 Å². The van der Waals surface area contributed by atoms with Crippen LogP contribution in [0.15, 0.2) is 49.3 Å². The van der Waals surface area contributed by atoms with Gasteiger partial charge in [-0.1, -0.05) is 19.6 Å². The zero-order valence-corrected chi connectivity index (χ0v) is 16.4. The maximum atomic E-state index is 5.87. The van der Waals surface area contributed by atoms with Gasteiger partial charge in [-0.3, -0.25) is 9.38 Å². The van der Waals surface area contributed by atoms with E-state index in [-0.39, 0.29) is 0 Å². The first-order chi connectivity index (χ1) is 12.5. The van der Waals surface area contributed by atoms with Gasteiger partial charge in [0.15, 0.2) is 0 Å². The van der Waals surface area contributed by atoms with Gasteiger partial charge in [-0.05, 0) is 24.2 Å². The molecule has 0 saturated heterocycles. The van der Waals surface area contributed by atoms with E-state index in [9.17, 15) is 0 Å². The third kappa shape index (κ3) is 3.40. The van der Waals surface area contributed by atoms with Crippen molar-refractivity contribution >= 4 is 24.8 Å². The molecule has 4 aromatic heterocycles. The standard InChI is InChI=1S/C19H23N5OSi/c1-26(2,3)10-9-25-14-23-8-6-16-18(23)21-13-24-12-17(22-19(16)24)15-5-4-7-20-11-15/h4-8,11-13H,9-10,14H2,1-3H3. The zero-order valence-electron chi connectivity index (χ0n) is 15.4. The highest BCUT2D eigenvalue weighted by molar-refractivity contribution is 6.76. The van der Waals surface area contributed by atoms with Crippen LogP contribution in [0.1, 0.15) is 0 Å². The molecule has 0 radical (unpaired) electrons. The molecule has 134 valence electrons. The van der Waals surface area contributed by atoms with Gasteiger partial charge in [0.2, 0.25) is 0 Å². The summed E-state index contributed by atoms with van der Waals surface area (Å²) in [5, 5.41) is 1.02. The fraction of sp³-hybridized carbons (Fsp3) is 0.316. The minimum absolute atomic E-state index is 0.521. The molecule has 0 aliphatic rings. The highest BCUT2D eigenvalue weighted by Gasteiger charge is 2.13. The second-order valence-electron chi connectivity index (χ2n) is 7.71. The summed E-state index contributed by atoms with van der Waals surface area (Å²) < 4.78 is 9.87. The van der Waals surface area contributed by atoms with E-state index in [1.165, 1.54) is 6.04 Å². The number of rotatable bonds is 6. The van der Waals surface area contributed by atoms with Gasteiger partial charge in [-0.2, -0.15) is 0 Å². The summed E-state index contributed by atoms with van der Waals surface area (Å²) in [5.74, 6) is 0. The lowest BCUT2D eigenvalue weighted by atomic mass is 10.2. The Morgan fingerprint density at radius 2 is 2.04 bits per heavy atom. The molecule has 7 heteroatoms. The van der Waals surface area contributed by atoms with Crippen LogP contribution in [0.3, 0.4) is 0 Å². The predicted molar refractivity (Wildman–Crippen MR) is 106 cm³/mol. The minimum Gasteiger partial charge on any atom is -0.361 e. The summed E-state index contributed by atoms with van der Waals surface area (Å²) in [7, 11) is -1.07. The second-order valence-corrected chi connectivity index (χ2v) is 13.3. The number of fused-ring (bicyclic) bond motifs is 3. The number of hydrogen-bond acceptors (Lipinski definition) is 4. The molecule has 0 fully saturated rings. The van der Waals surface area contributed by atoms with Gasteiger partial charge in [-0.15, -0.1) is 0 Å². The van der Waals surface area contributed by atoms with Crippen molar-refractivity contribution in [2.24, 2.45) is 0 Å². The van der Waals surface area contributed by atoms with E-state index in [1.807, 2.05) is 46.0 Å². The lowest BCUT2D eigenvalue weighted by molar-refractivity contribution is 0.0899. The lowest BCUT2D eigenvalue weighted by Crippen LogP contribution is -2.22. The van der Waals surface area contributed by atoms with E-state index < -0.39 is 8.07 Å². The topological polar surface area (TPSA) is 57.2 Å². The molecular weight excluding hydrogens is 342 g/mol.